The summed E-state index contributed by atoms with van der Waals surface area (Å²) in [5.74, 6) is -3.32. The van der Waals surface area contributed by atoms with Gasteiger partial charge >= 0.3 is 19.5 Å². The molecule has 61 heavy (non-hydrogen) atoms. The highest BCUT2D eigenvalue weighted by atomic mass is 31.2. The van der Waals surface area contributed by atoms with E-state index in [0.717, 1.165) is 16.0 Å². The summed E-state index contributed by atoms with van der Waals surface area (Å²) in [6.45, 7) is -0.531. The van der Waals surface area contributed by atoms with Gasteiger partial charge in [-0.25, -0.2) is 9.36 Å². The van der Waals surface area contributed by atoms with E-state index in [0.29, 0.717) is 11.1 Å². The predicted molar refractivity (Wildman–Crippen MR) is 230 cm³/mol. The van der Waals surface area contributed by atoms with Crippen LogP contribution in [0.3, 0.4) is 0 Å². The number of hydrogen-bond donors (Lipinski definition) is 1. The van der Waals surface area contributed by atoms with E-state index in [2.05, 4.69) is 5.32 Å². The number of carbonyl (C=O) groups is 4. The molecule has 308 valence electrons. The summed E-state index contributed by atoms with van der Waals surface area (Å²) in [4.78, 5) is 59.1. The number of benzene rings is 6. The number of amides is 2. The van der Waals surface area contributed by atoms with Crippen molar-refractivity contribution < 1.29 is 42.3 Å². The van der Waals surface area contributed by atoms with E-state index >= 15 is 4.57 Å². The van der Waals surface area contributed by atoms with E-state index in [1.807, 2.05) is 36.4 Å². The maximum atomic E-state index is 15.8. The summed E-state index contributed by atoms with van der Waals surface area (Å²) >= 11 is 0. The van der Waals surface area contributed by atoms with Gasteiger partial charge in [0.05, 0.1) is 12.5 Å². The molecule has 1 fully saturated rings. The van der Waals surface area contributed by atoms with Crippen LogP contribution in [0, 0.1) is 0 Å². The Kier molecular flexibility index (Phi) is 13.8. The lowest BCUT2D eigenvalue weighted by atomic mass is 9.89. The zero-order chi connectivity index (χ0) is 42.4. The molecule has 4 atom stereocenters. The van der Waals surface area contributed by atoms with Crippen LogP contribution in [-0.4, -0.2) is 52.4 Å². The quantitative estimate of drug-likeness (QED) is 0.0516. The van der Waals surface area contributed by atoms with Crippen LogP contribution < -0.4 is 14.4 Å². The number of nitrogens with zero attached hydrogens (tertiary/aromatic N) is 1. The third-order valence-electron chi connectivity index (χ3n) is 9.81. The summed E-state index contributed by atoms with van der Waals surface area (Å²) in [6, 6.07) is 47.8. The highest BCUT2D eigenvalue weighted by Crippen LogP contribution is 2.56. The summed E-state index contributed by atoms with van der Waals surface area (Å²) < 4.78 is 40.1. The lowest BCUT2D eigenvalue weighted by molar-refractivity contribution is -0.171. The fourth-order valence-electron chi connectivity index (χ4n) is 6.83. The van der Waals surface area contributed by atoms with Gasteiger partial charge in [0.2, 0.25) is 17.5 Å². The van der Waals surface area contributed by atoms with Crippen LogP contribution in [0.4, 0.5) is 0 Å². The Morgan fingerprint density at radius 2 is 1.02 bits per heavy atom. The van der Waals surface area contributed by atoms with Crippen LogP contribution in [0.5, 0.6) is 11.5 Å². The van der Waals surface area contributed by atoms with Gasteiger partial charge in [-0.1, -0.05) is 170 Å². The number of rotatable bonds is 18. The Bertz CT molecular complexity index is 2410. The first-order valence-corrected chi connectivity index (χ1v) is 21.3. The molecule has 1 aliphatic heterocycles. The maximum Gasteiger partial charge on any atom is 0.447 e. The number of β-lactam (4-membered cyclic amide) rings is 1. The Balaban J connectivity index is 1.35. The minimum atomic E-state index is -4.99. The third kappa shape index (κ3) is 10.9. The summed E-state index contributed by atoms with van der Waals surface area (Å²) in [6.07, 6.45) is 3.35. The van der Waals surface area contributed by atoms with Crippen LogP contribution in [-0.2, 0) is 52.9 Å². The van der Waals surface area contributed by atoms with Gasteiger partial charge in [-0.15, -0.1) is 0 Å². The minimum absolute atomic E-state index is 0.0260. The highest BCUT2D eigenvalue weighted by Gasteiger charge is 2.62. The molecule has 0 radical (unpaired) electrons. The van der Waals surface area contributed by atoms with Gasteiger partial charge in [0.15, 0.2) is 6.04 Å². The number of likely N-dealkylation sites (tertiary alicyclic amines) is 1. The number of nitrogens with one attached hydrogen (secondary N) is 1. The van der Waals surface area contributed by atoms with Crippen molar-refractivity contribution in [3.8, 4) is 11.5 Å². The first-order chi connectivity index (χ1) is 29.8. The van der Waals surface area contributed by atoms with Gasteiger partial charge in [-0.3, -0.25) is 14.4 Å². The zero-order valence-electron chi connectivity index (χ0n) is 33.0. The molecule has 7 rings (SSSR count). The van der Waals surface area contributed by atoms with Crippen LogP contribution in [0.25, 0.3) is 6.08 Å². The molecule has 0 spiro atoms. The summed E-state index contributed by atoms with van der Waals surface area (Å²) in [5, 5.41) is 2.83. The average Bonchev–Trinajstić information content (AvgIpc) is 3.29. The van der Waals surface area contributed by atoms with Crippen LogP contribution in [0.15, 0.2) is 188 Å². The molecule has 6 aromatic carbocycles. The molecule has 0 aliphatic carbocycles. The first-order valence-electron chi connectivity index (χ1n) is 19.7. The highest BCUT2D eigenvalue weighted by molar-refractivity contribution is 7.56. The molecule has 6 aromatic rings. The molecule has 1 N–H and O–H groups in total. The van der Waals surface area contributed by atoms with Crippen molar-refractivity contribution in [2.45, 2.75) is 43.4 Å². The van der Waals surface area contributed by atoms with Gasteiger partial charge in [0, 0.05) is 0 Å². The van der Waals surface area contributed by atoms with Crippen LogP contribution in [0.1, 0.15) is 22.3 Å². The molecule has 2 amide bonds. The van der Waals surface area contributed by atoms with Crippen molar-refractivity contribution in [1.29, 1.82) is 0 Å². The zero-order valence-corrected chi connectivity index (χ0v) is 33.9. The Morgan fingerprint density at radius 3 is 1.51 bits per heavy atom. The number of carbonyl (C=O) groups excluding carboxylic acids is 4. The lowest BCUT2D eigenvalue weighted by Crippen LogP contribution is -2.75. The van der Waals surface area contributed by atoms with E-state index in [1.165, 1.54) is 24.3 Å². The standard InChI is InChI=1S/C49H43N2O9P/c52-43(33-37-21-9-2-10-22-37)50-44-42(32-31-36-19-7-1-8-20-36)51(47(44)53)45(48(54)57-34-38-23-11-3-12-24-38)46(49(55)58-35-39-25-13-4-14-26-39)61(56,59-40-27-15-5-16-28-40)60-41-29-17-6-18-30-41/h1-32,42,44-46H,33-35H2,(H,50,52)/b32-31+/t42-,44+,45?,46?/m1/s1. The van der Waals surface area contributed by atoms with Gasteiger partial charge in [-0.05, 0) is 46.5 Å². The van der Waals surface area contributed by atoms with E-state index in [1.54, 1.807) is 133 Å². The normalized spacial score (nSPS) is 15.8. The molecule has 2 unspecified atom stereocenters. The number of esters is 2. The number of hydrogen-bond acceptors (Lipinski definition) is 9. The van der Waals surface area contributed by atoms with Crippen molar-refractivity contribution in [3.05, 3.63) is 210 Å². The fraction of sp³-hybridized carbons (Fsp3) is 0.143. The molecular formula is C49H43N2O9P. The summed E-state index contributed by atoms with van der Waals surface area (Å²) in [5.41, 5.74) is 0.566. The second kappa shape index (κ2) is 20.2. The van der Waals surface area contributed by atoms with Gasteiger partial charge in [0.1, 0.15) is 30.8 Å². The molecule has 1 heterocycles. The number of ether oxygens (including phenoxy) is 2. The van der Waals surface area contributed by atoms with E-state index in [9.17, 15) is 19.2 Å². The second-order valence-electron chi connectivity index (χ2n) is 14.1. The van der Waals surface area contributed by atoms with E-state index < -0.39 is 55.1 Å². The predicted octanol–water partition coefficient (Wildman–Crippen LogP) is 8.21. The Labute approximate surface area is 354 Å². The Morgan fingerprint density at radius 1 is 0.590 bits per heavy atom. The van der Waals surface area contributed by atoms with Crippen LogP contribution in [0.2, 0.25) is 0 Å². The monoisotopic (exact) mass is 834 g/mol. The molecule has 11 nitrogen and oxygen atoms in total. The smallest absolute Gasteiger partial charge is 0.447 e. The molecule has 0 bridgehead atoms. The van der Waals surface area contributed by atoms with Crippen LogP contribution >= 0.6 is 7.60 Å². The van der Waals surface area contributed by atoms with Crippen molar-refractivity contribution >= 4 is 37.4 Å². The van der Waals surface area contributed by atoms with Gasteiger partial charge in [-0.2, -0.15) is 0 Å². The molecule has 0 aromatic heterocycles. The van der Waals surface area contributed by atoms with Gasteiger partial charge < -0.3 is 28.7 Å². The maximum absolute atomic E-state index is 15.8. The van der Waals surface area contributed by atoms with E-state index in [-0.39, 0.29) is 31.1 Å². The largest absolute Gasteiger partial charge is 0.460 e. The Hall–Kier alpha value is -7.23. The van der Waals surface area contributed by atoms with Crippen molar-refractivity contribution in [2.75, 3.05) is 0 Å². The van der Waals surface area contributed by atoms with Crippen molar-refractivity contribution in [1.82, 2.24) is 10.2 Å². The average molecular weight is 835 g/mol. The molecule has 1 saturated heterocycles. The SMILES string of the molecule is O=C(Cc1ccccc1)N[C@@H]1C(=O)N(C(C(=O)OCc2ccccc2)C(C(=O)OCc2ccccc2)P(=O)(Oc2ccccc2)Oc2ccccc2)[C@@H]1/C=C/c1ccccc1. The van der Waals surface area contributed by atoms with Gasteiger partial charge in [0.25, 0.3) is 0 Å². The third-order valence-corrected chi connectivity index (χ3v) is 11.9. The van der Waals surface area contributed by atoms with Crippen molar-refractivity contribution in [3.63, 3.8) is 0 Å². The molecule has 12 heteroatoms. The first kappa shape index (κ1) is 41.9. The topological polar surface area (TPSA) is 138 Å². The fourth-order valence-corrected chi connectivity index (χ4v) is 8.87. The molecule has 1 aliphatic rings. The lowest BCUT2D eigenvalue weighted by Gasteiger charge is -2.50. The minimum Gasteiger partial charge on any atom is -0.460 e. The van der Waals surface area contributed by atoms with E-state index in [4.69, 9.17) is 18.5 Å². The summed E-state index contributed by atoms with van der Waals surface area (Å²) in [7, 11) is -4.99. The second-order valence-corrected chi connectivity index (χ2v) is 16.1. The molecule has 0 saturated carbocycles. The molecular weight excluding hydrogens is 792 g/mol. The van der Waals surface area contributed by atoms with Crippen molar-refractivity contribution in [2.24, 2.45) is 0 Å². The number of para-hydroxylation sites is 2.